The van der Waals surface area contributed by atoms with E-state index >= 15 is 0 Å². The topological polar surface area (TPSA) is 96.0 Å². The van der Waals surface area contributed by atoms with Crippen LogP contribution in [-0.4, -0.2) is 57.1 Å². The minimum Gasteiger partial charge on any atom is -0.495 e. The Labute approximate surface area is 262 Å². The van der Waals surface area contributed by atoms with E-state index in [1.165, 1.54) is 30.2 Å². The maximum atomic E-state index is 14.2. The first-order chi connectivity index (χ1) is 19.8. The molecule has 0 aliphatic carbocycles. The number of benzene rings is 3. The van der Waals surface area contributed by atoms with Crippen LogP contribution in [0.25, 0.3) is 0 Å². The first-order valence-corrected chi connectivity index (χ1v) is 16.2. The van der Waals surface area contributed by atoms with Crippen molar-refractivity contribution >= 4 is 62.3 Å². The van der Waals surface area contributed by atoms with E-state index in [0.29, 0.717) is 22.8 Å². The van der Waals surface area contributed by atoms with Crippen LogP contribution in [0.5, 0.6) is 5.75 Å². The summed E-state index contributed by atoms with van der Waals surface area (Å²) >= 11 is 18.7. The molecule has 0 aliphatic heterocycles. The molecule has 0 fully saturated rings. The van der Waals surface area contributed by atoms with E-state index in [9.17, 15) is 18.0 Å². The summed E-state index contributed by atoms with van der Waals surface area (Å²) in [5.74, 6) is -0.607. The van der Waals surface area contributed by atoms with Gasteiger partial charge in [-0.25, -0.2) is 8.42 Å². The summed E-state index contributed by atoms with van der Waals surface area (Å²) in [6.45, 7) is 3.22. The molecule has 0 spiro atoms. The van der Waals surface area contributed by atoms with Crippen LogP contribution in [0, 0.1) is 0 Å². The van der Waals surface area contributed by atoms with Gasteiger partial charge in [0.15, 0.2) is 0 Å². The number of carbonyl (C=O) groups is 2. The summed E-state index contributed by atoms with van der Waals surface area (Å²) in [6.07, 6.45) is 1.88. The van der Waals surface area contributed by atoms with Crippen LogP contribution >= 0.6 is 34.8 Å². The van der Waals surface area contributed by atoms with Crippen molar-refractivity contribution in [2.45, 2.75) is 45.3 Å². The Kier molecular flexibility index (Phi) is 11.9. The molecule has 2 amide bonds. The molecule has 8 nitrogen and oxygen atoms in total. The van der Waals surface area contributed by atoms with Gasteiger partial charge < -0.3 is 15.0 Å². The third-order valence-electron chi connectivity index (χ3n) is 6.71. The first kappa shape index (κ1) is 33.5. The van der Waals surface area contributed by atoms with Crippen molar-refractivity contribution in [3.05, 3.63) is 92.9 Å². The van der Waals surface area contributed by atoms with E-state index in [2.05, 4.69) is 5.32 Å². The number of methoxy groups -OCH3 is 1. The number of amides is 2. The number of hydrogen-bond donors (Lipinski definition) is 1. The number of sulfonamides is 1. The molecule has 0 bridgehead atoms. The lowest BCUT2D eigenvalue weighted by atomic mass is 10.0. The third kappa shape index (κ3) is 9.01. The molecule has 0 radical (unpaired) electrons. The van der Waals surface area contributed by atoms with Crippen LogP contribution < -0.4 is 14.4 Å². The van der Waals surface area contributed by atoms with Gasteiger partial charge in [-0.15, -0.1) is 0 Å². The molecule has 2 atom stereocenters. The SMILES string of the molecule is CC[C@H](C)NC(=O)[C@@H](Cc1ccccc1)N(Cc1ccc(Cl)c(Cl)c1)C(=O)CN(c1ccc(OC)c(Cl)c1)S(C)(=O)=O. The molecule has 0 heterocycles. The van der Waals surface area contributed by atoms with E-state index in [1.54, 1.807) is 18.2 Å². The molecule has 0 unspecified atom stereocenters. The summed E-state index contributed by atoms with van der Waals surface area (Å²) in [7, 11) is -2.51. The third-order valence-corrected chi connectivity index (χ3v) is 8.89. The van der Waals surface area contributed by atoms with Crippen LogP contribution in [-0.2, 0) is 32.6 Å². The first-order valence-electron chi connectivity index (χ1n) is 13.2. The second kappa shape index (κ2) is 15.0. The molecule has 0 aromatic heterocycles. The monoisotopic (exact) mass is 653 g/mol. The Morgan fingerprint density at radius 1 is 0.929 bits per heavy atom. The molecule has 12 heteroatoms. The van der Waals surface area contributed by atoms with Gasteiger partial charge in [-0.2, -0.15) is 0 Å². The Morgan fingerprint density at radius 2 is 1.62 bits per heavy atom. The van der Waals surface area contributed by atoms with Crippen molar-refractivity contribution in [3.63, 3.8) is 0 Å². The van der Waals surface area contributed by atoms with E-state index in [-0.39, 0.29) is 40.6 Å². The Morgan fingerprint density at radius 3 is 2.19 bits per heavy atom. The highest BCUT2D eigenvalue weighted by Crippen LogP contribution is 2.31. The number of hydrogen-bond acceptors (Lipinski definition) is 5. The maximum Gasteiger partial charge on any atom is 0.244 e. The normalized spacial score (nSPS) is 12.7. The number of anilines is 1. The number of rotatable bonds is 13. The van der Waals surface area contributed by atoms with Gasteiger partial charge in [-0.1, -0.05) is 78.1 Å². The number of nitrogens with one attached hydrogen (secondary N) is 1. The minimum atomic E-state index is -3.95. The molecule has 3 aromatic carbocycles. The molecule has 3 rings (SSSR count). The average molecular weight is 655 g/mol. The molecular weight excluding hydrogens is 621 g/mol. The molecule has 3 aromatic rings. The fourth-order valence-corrected chi connectivity index (χ4v) is 5.67. The smallest absolute Gasteiger partial charge is 0.244 e. The van der Waals surface area contributed by atoms with Crippen LogP contribution in [0.3, 0.4) is 0 Å². The van der Waals surface area contributed by atoms with Gasteiger partial charge in [-0.3, -0.25) is 13.9 Å². The molecule has 42 heavy (non-hydrogen) atoms. The Bertz CT molecular complexity index is 1510. The van der Waals surface area contributed by atoms with Crippen LogP contribution in [0.1, 0.15) is 31.4 Å². The maximum absolute atomic E-state index is 14.2. The number of ether oxygens (including phenoxy) is 1. The van der Waals surface area contributed by atoms with Gasteiger partial charge in [-0.05, 0) is 54.8 Å². The zero-order valence-corrected chi connectivity index (χ0v) is 26.9. The molecule has 0 aliphatic rings. The summed E-state index contributed by atoms with van der Waals surface area (Å²) in [4.78, 5) is 29.3. The second-order valence-corrected chi connectivity index (χ2v) is 13.0. The highest BCUT2D eigenvalue weighted by atomic mass is 35.5. The highest BCUT2D eigenvalue weighted by Gasteiger charge is 2.33. The predicted octanol–water partition coefficient (Wildman–Crippen LogP) is 5.98. The van der Waals surface area contributed by atoms with Gasteiger partial charge in [0.1, 0.15) is 18.3 Å². The number of carbonyl (C=O) groups excluding carboxylic acids is 2. The largest absolute Gasteiger partial charge is 0.495 e. The van der Waals surface area contributed by atoms with Crippen molar-refractivity contribution in [3.8, 4) is 5.75 Å². The quantitative estimate of drug-likeness (QED) is 0.245. The van der Waals surface area contributed by atoms with Gasteiger partial charge in [0.2, 0.25) is 21.8 Å². The minimum absolute atomic E-state index is 0.0257. The van der Waals surface area contributed by atoms with Gasteiger partial charge in [0.25, 0.3) is 0 Å². The highest BCUT2D eigenvalue weighted by molar-refractivity contribution is 7.92. The van der Waals surface area contributed by atoms with Crippen molar-refractivity contribution in [1.82, 2.24) is 10.2 Å². The van der Waals surface area contributed by atoms with E-state index in [4.69, 9.17) is 39.5 Å². The van der Waals surface area contributed by atoms with E-state index < -0.39 is 28.5 Å². The summed E-state index contributed by atoms with van der Waals surface area (Å²) in [6, 6.07) is 17.5. The lowest BCUT2D eigenvalue weighted by Crippen LogP contribution is -2.54. The summed E-state index contributed by atoms with van der Waals surface area (Å²) in [5.41, 5.74) is 1.62. The molecular formula is C30H34Cl3N3O5S. The standard InChI is InChI=1S/C30H34Cl3N3O5S/c1-5-20(2)34-30(38)27(16-21-9-7-6-8-10-21)35(18-22-11-13-24(31)25(32)15-22)29(37)19-36(42(4,39)40)23-12-14-28(41-3)26(33)17-23/h6-15,17,20,27H,5,16,18-19H2,1-4H3,(H,34,38)/t20-,27+/m0/s1. The molecule has 226 valence electrons. The Balaban J connectivity index is 2.09. The number of nitrogens with zero attached hydrogens (tertiary/aromatic N) is 2. The van der Waals surface area contributed by atoms with Gasteiger partial charge in [0, 0.05) is 19.0 Å². The van der Waals surface area contributed by atoms with Gasteiger partial charge in [0.05, 0.1) is 34.1 Å². The van der Waals surface area contributed by atoms with Crippen LogP contribution in [0.15, 0.2) is 66.7 Å². The van der Waals surface area contributed by atoms with Crippen molar-refractivity contribution < 1.29 is 22.7 Å². The fraction of sp³-hybridized carbons (Fsp3) is 0.333. The molecule has 0 saturated heterocycles. The molecule has 0 saturated carbocycles. The zero-order chi connectivity index (χ0) is 31.0. The van der Waals surface area contributed by atoms with E-state index in [0.717, 1.165) is 16.1 Å². The average Bonchev–Trinajstić information content (AvgIpc) is 2.95. The lowest BCUT2D eigenvalue weighted by Gasteiger charge is -2.34. The Hall–Kier alpha value is -2.98. The number of halogens is 3. The van der Waals surface area contributed by atoms with Crippen molar-refractivity contribution in [2.75, 3.05) is 24.2 Å². The van der Waals surface area contributed by atoms with Crippen molar-refractivity contribution in [2.24, 2.45) is 0 Å². The van der Waals surface area contributed by atoms with Crippen molar-refractivity contribution in [1.29, 1.82) is 0 Å². The van der Waals surface area contributed by atoms with Gasteiger partial charge >= 0.3 is 0 Å². The zero-order valence-electron chi connectivity index (χ0n) is 23.8. The molecule has 1 N–H and O–H groups in total. The van der Waals surface area contributed by atoms with Crippen LogP contribution in [0.2, 0.25) is 15.1 Å². The second-order valence-electron chi connectivity index (χ2n) is 9.88. The predicted molar refractivity (Wildman–Crippen MR) is 169 cm³/mol. The summed E-state index contributed by atoms with van der Waals surface area (Å²) < 4.78 is 32.0. The summed E-state index contributed by atoms with van der Waals surface area (Å²) in [5, 5.41) is 3.79. The lowest BCUT2D eigenvalue weighted by molar-refractivity contribution is -0.140. The van der Waals surface area contributed by atoms with Crippen LogP contribution in [0.4, 0.5) is 5.69 Å². The fourth-order valence-electron chi connectivity index (χ4n) is 4.25. The van der Waals surface area contributed by atoms with E-state index in [1.807, 2.05) is 44.2 Å².